The minimum atomic E-state index is -0.401. The number of piperidine rings is 2. The summed E-state index contributed by atoms with van der Waals surface area (Å²) in [5.41, 5.74) is 6.53. The van der Waals surface area contributed by atoms with Gasteiger partial charge in [0.1, 0.15) is 35.0 Å². The van der Waals surface area contributed by atoms with Gasteiger partial charge >= 0.3 is 11.9 Å². The van der Waals surface area contributed by atoms with Crippen molar-refractivity contribution in [2.24, 2.45) is 0 Å². The monoisotopic (exact) mass is 792 g/mol. The summed E-state index contributed by atoms with van der Waals surface area (Å²) in [5.74, 6) is -0.306. The zero-order chi connectivity index (χ0) is 41.3. The molecule has 2 aliphatic rings. The van der Waals surface area contributed by atoms with Gasteiger partial charge in [-0.25, -0.2) is 0 Å². The number of aromatic nitrogens is 2. The highest BCUT2D eigenvalue weighted by atomic mass is 16.5. The fourth-order valence-electron chi connectivity index (χ4n) is 7.90. The van der Waals surface area contributed by atoms with Gasteiger partial charge in [0.15, 0.2) is 0 Å². The van der Waals surface area contributed by atoms with Crippen molar-refractivity contribution in [1.29, 1.82) is 0 Å². The molecule has 2 aliphatic heterocycles. The Balaban J connectivity index is 1.16. The van der Waals surface area contributed by atoms with E-state index >= 15 is 0 Å². The second-order valence-electron chi connectivity index (χ2n) is 14.6. The van der Waals surface area contributed by atoms with Crippen LogP contribution in [0.15, 0.2) is 60.9 Å². The number of ether oxygens (including phenoxy) is 4. The standard InChI is InChI=1S/C44H52N6O8/c1-27-31(13-11-15-33(27)47-41(51)35-21-39(55-3)29(23-45-35)25-49-19-9-7-17-37(49)43(53)57-5)32-14-12-16-34(28(32)2)48-42(52)36-22-40(56-4)30(24-46-36)26-50-20-10-8-18-38(50)44(54)58-6/h11-16,21-24,37-38H,7-10,17-20,25-26H2,1-6H3,(H,47,51)(H,48,52)/t37-,38-/m0/s1. The maximum absolute atomic E-state index is 13.6. The van der Waals surface area contributed by atoms with Crippen molar-refractivity contribution in [2.45, 2.75) is 77.5 Å². The molecule has 2 saturated heterocycles. The van der Waals surface area contributed by atoms with Gasteiger partial charge in [0.25, 0.3) is 11.8 Å². The van der Waals surface area contributed by atoms with Crippen LogP contribution in [-0.2, 0) is 32.2 Å². The van der Waals surface area contributed by atoms with Crippen LogP contribution in [-0.4, -0.2) is 97.1 Å². The van der Waals surface area contributed by atoms with Crippen LogP contribution < -0.4 is 20.1 Å². The summed E-state index contributed by atoms with van der Waals surface area (Å²) in [7, 11) is 5.90. The number of nitrogens with one attached hydrogen (secondary N) is 2. The zero-order valence-corrected chi connectivity index (χ0v) is 34.1. The molecule has 0 bridgehead atoms. The highest BCUT2D eigenvalue weighted by Crippen LogP contribution is 2.35. The van der Waals surface area contributed by atoms with Gasteiger partial charge < -0.3 is 29.6 Å². The number of methoxy groups -OCH3 is 4. The minimum Gasteiger partial charge on any atom is -0.496 e. The quantitative estimate of drug-likeness (QED) is 0.145. The molecule has 6 rings (SSSR count). The first kappa shape index (κ1) is 41.8. The van der Waals surface area contributed by atoms with Crippen LogP contribution in [0, 0.1) is 13.8 Å². The van der Waals surface area contributed by atoms with Crippen molar-refractivity contribution in [1.82, 2.24) is 19.8 Å². The molecule has 0 radical (unpaired) electrons. The fourth-order valence-corrected chi connectivity index (χ4v) is 7.90. The number of benzene rings is 2. The molecule has 14 heteroatoms. The van der Waals surface area contributed by atoms with Crippen LogP contribution in [0.1, 0.15) is 81.8 Å². The van der Waals surface area contributed by atoms with Crippen LogP contribution in [0.3, 0.4) is 0 Å². The molecule has 2 atom stereocenters. The fraction of sp³-hybridized carbons (Fsp3) is 0.409. The molecule has 2 amide bonds. The molecule has 0 saturated carbocycles. The number of carbonyl (C=O) groups excluding carboxylic acids is 4. The largest absolute Gasteiger partial charge is 0.496 e. The van der Waals surface area contributed by atoms with Crippen LogP contribution in [0.2, 0.25) is 0 Å². The predicted molar refractivity (Wildman–Crippen MR) is 219 cm³/mol. The van der Waals surface area contributed by atoms with E-state index in [4.69, 9.17) is 18.9 Å². The van der Waals surface area contributed by atoms with Gasteiger partial charge in [-0.2, -0.15) is 0 Å². The number of carbonyl (C=O) groups is 4. The first-order chi connectivity index (χ1) is 28.1. The van der Waals surface area contributed by atoms with Crippen molar-refractivity contribution in [3.05, 3.63) is 94.6 Å². The number of anilines is 2. The van der Waals surface area contributed by atoms with E-state index in [1.54, 1.807) is 38.7 Å². The molecule has 2 N–H and O–H groups in total. The van der Waals surface area contributed by atoms with Crippen molar-refractivity contribution >= 4 is 35.1 Å². The zero-order valence-electron chi connectivity index (χ0n) is 34.1. The molecule has 4 heterocycles. The maximum atomic E-state index is 13.6. The van der Waals surface area contributed by atoms with E-state index in [1.165, 1.54) is 14.2 Å². The van der Waals surface area contributed by atoms with Gasteiger partial charge in [-0.05, 0) is 87.0 Å². The Morgan fingerprint density at radius 3 is 1.43 bits per heavy atom. The highest BCUT2D eigenvalue weighted by Gasteiger charge is 2.32. The van der Waals surface area contributed by atoms with Crippen molar-refractivity contribution < 1.29 is 38.1 Å². The Morgan fingerprint density at radius 2 is 1.05 bits per heavy atom. The molecule has 14 nitrogen and oxygen atoms in total. The normalized spacial score (nSPS) is 17.2. The molecular formula is C44H52N6O8. The average Bonchev–Trinajstić information content (AvgIpc) is 3.25. The third kappa shape index (κ3) is 9.29. The first-order valence-corrected chi connectivity index (χ1v) is 19.6. The Bertz CT molecular complexity index is 2010. The second-order valence-corrected chi connectivity index (χ2v) is 14.6. The number of pyridine rings is 2. The molecule has 0 aliphatic carbocycles. The number of hydrogen-bond donors (Lipinski definition) is 2. The lowest BCUT2D eigenvalue weighted by Crippen LogP contribution is -2.44. The van der Waals surface area contributed by atoms with E-state index in [1.807, 2.05) is 50.2 Å². The summed E-state index contributed by atoms with van der Waals surface area (Å²) < 4.78 is 21.4. The van der Waals surface area contributed by atoms with Crippen molar-refractivity contribution in [3.8, 4) is 22.6 Å². The topological polar surface area (TPSA) is 162 Å². The number of hydrogen-bond acceptors (Lipinski definition) is 12. The lowest BCUT2D eigenvalue weighted by molar-refractivity contribution is -0.149. The first-order valence-electron chi connectivity index (χ1n) is 19.6. The van der Waals surface area contributed by atoms with Crippen molar-refractivity contribution in [3.63, 3.8) is 0 Å². The maximum Gasteiger partial charge on any atom is 0.323 e. The van der Waals surface area contributed by atoms with E-state index in [0.29, 0.717) is 36.0 Å². The number of esters is 2. The molecule has 2 aromatic heterocycles. The number of amides is 2. The number of likely N-dealkylation sites (tertiary alicyclic amines) is 2. The lowest BCUT2D eigenvalue weighted by atomic mass is 9.94. The van der Waals surface area contributed by atoms with E-state index in [0.717, 1.165) is 85.0 Å². The lowest BCUT2D eigenvalue weighted by Gasteiger charge is -2.33. The van der Waals surface area contributed by atoms with Gasteiger partial charge in [-0.1, -0.05) is 37.1 Å². The molecule has 4 aromatic rings. The Kier molecular flexibility index (Phi) is 13.7. The van der Waals surface area contributed by atoms with Gasteiger partial charge in [-0.3, -0.25) is 38.9 Å². The van der Waals surface area contributed by atoms with Gasteiger partial charge in [0.2, 0.25) is 0 Å². The Labute approximate surface area is 339 Å². The summed E-state index contributed by atoms with van der Waals surface area (Å²) in [5, 5.41) is 6.03. The van der Waals surface area contributed by atoms with E-state index in [-0.39, 0.29) is 35.4 Å². The SMILES string of the molecule is COC(=O)[C@@H]1CCCCN1Cc1cnc(C(=O)Nc2cccc(-c3cccc(NC(=O)c4cc(OC)c(CN5CCCC[C@H]5C(=O)OC)cn4)c3C)c2C)cc1OC. The van der Waals surface area contributed by atoms with Crippen molar-refractivity contribution in [2.75, 3.05) is 52.2 Å². The van der Waals surface area contributed by atoms with E-state index in [2.05, 4.69) is 30.4 Å². The molecule has 2 aromatic carbocycles. The third-order valence-electron chi connectivity index (χ3n) is 11.2. The molecule has 58 heavy (non-hydrogen) atoms. The number of rotatable bonds is 13. The van der Waals surface area contributed by atoms with Gasteiger partial charge in [-0.15, -0.1) is 0 Å². The predicted octanol–water partition coefficient (Wildman–Crippen LogP) is 6.34. The molecule has 0 unspecified atom stereocenters. The molecule has 2 fully saturated rings. The summed E-state index contributed by atoms with van der Waals surface area (Å²) in [6.07, 6.45) is 8.57. The summed E-state index contributed by atoms with van der Waals surface area (Å²) in [4.78, 5) is 65.1. The van der Waals surface area contributed by atoms with Gasteiger partial charge in [0.05, 0.1) is 28.4 Å². The highest BCUT2D eigenvalue weighted by molar-refractivity contribution is 6.05. The summed E-state index contributed by atoms with van der Waals surface area (Å²) in [6.45, 7) is 6.23. The van der Waals surface area contributed by atoms with E-state index in [9.17, 15) is 19.2 Å². The minimum absolute atomic E-state index is 0.185. The van der Waals surface area contributed by atoms with Gasteiger partial charge in [0, 0.05) is 60.1 Å². The Hall–Kier alpha value is -5.86. The molecule has 306 valence electrons. The number of nitrogens with zero attached hydrogens (tertiary/aromatic N) is 4. The van der Waals surface area contributed by atoms with Crippen LogP contribution in [0.5, 0.6) is 11.5 Å². The van der Waals surface area contributed by atoms with E-state index < -0.39 is 11.8 Å². The molecule has 0 spiro atoms. The van der Waals surface area contributed by atoms with Crippen LogP contribution in [0.4, 0.5) is 11.4 Å². The smallest absolute Gasteiger partial charge is 0.323 e. The third-order valence-corrected chi connectivity index (χ3v) is 11.2. The second kappa shape index (κ2) is 19.1. The molecular weight excluding hydrogens is 741 g/mol. The van der Waals surface area contributed by atoms with Crippen LogP contribution in [0.25, 0.3) is 11.1 Å². The summed E-state index contributed by atoms with van der Waals surface area (Å²) >= 11 is 0. The summed E-state index contributed by atoms with van der Waals surface area (Å²) in [6, 6.07) is 13.9. The Morgan fingerprint density at radius 1 is 0.638 bits per heavy atom. The van der Waals surface area contributed by atoms with Crippen LogP contribution >= 0.6 is 0 Å². The average molecular weight is 793 g/mol.